The van der Waals surface area contributed by atoms with Gasteiger partial charge in [0.15, 0.2) is 0 Å². The first-order valence-corrected chi connectivity index (χ1v) is 6.21. The molecule has 0 atom stereocenters. The van der Waals surface area contributed by atoms with Gasteiger partial charge in [-0.15, -0.1) is 0 Å². The lowest BCUT2D eigenvalue weighted by Crippen LogP contribution is -2.13. The minimum absolute atomic E-state index is 0.0225. The smallest absolute Gasteiger partial charge is 0.266 e. The lowest BCUT2D eigenvalue weighted by molar-refractivity contribution is -0.112. The molecule has 0 aliphatic rings. The maximum Gasteiger partial charge on any atom is 0.266 e. The number of hydrogen-bond donors (Lipinski definition) is 1. The zero-order chi connectivity index (χ0) is 13.7. The second-order valence-corrected chi connectivity index (χ2v) is 4.47. The summed E-state index contributed by atoms with van der Waals surface area (Å²) >= 11 is 3.32. The molecule has 1 N–H and O–H groups in total. The zero-order valence-electron chi connectivity index (χ0n) is 9.76. The van der Waals surface area contributed by atoms with E-state index in [2.05, 4.69) is 21.2 Å². The van der Waals surface area contributed by atoms with Gasteiger partial charge in [-0.05, 0) is 40.2 Å². The number of rotatable bonds is 3. The number of furan rings is 1. The Kier molecular flexibility index (Phi) is 4.16. The first-order chi connectivity index (χ1) is 9.20. The third kappa shape index (κ3) is 3.33. The molecular weight excluding hydrogens is 308 g/mol. The Hall–Kier alpha value is -2.32. The number of carbonyl (C=O) groups is 1. The molecule has 1 aromatic heterocycles. The van der Waals surface area contributed by atoms with Crippen molar-refractivity contribution in [1.29, 1.82) is 5.26 Å². The van der Waals surface area contributed by atoms with Crippen molar-refractivity contribution in [2.45, 2.75) is 0 Å². The Morgan fingerprint density at radius 2 is 2.11 bits per heavy atom. The first-order valence-electron chi connectivity index (χ1n) is 5.42. The van der Waals surface area contributed by atoms with Gasteiger partial charge >= 0.3 is 0 Å². The highest BCUT2D eigenvalue weighted by atomic mass is 79.9. The molecule has 1 amide bonds. The van der Waals surface area contributed by atoms with Crippen LogP contribution in [0.1, 0.15) is 5.76 Å². The van der Waals surface area contributed by atoms with Crippen LogP contribution in [-0.2, 0) is 4.79 Å². The van der Waals surface area contributed by atoms with E-state index in [4.69, 9.17) is 9.68 Å². The first kappa shape index (κ1) is 13.1. The summed E-state index contributed by atoms with van der Waals surface area (Å²) in [6.45, 7) is 0. The highest BCUT2D eigenvalue weighted by molar-refractivity contribution is 9.10. The van der Waals surface area contributed by atoms with Crippen LogP contribution in [0.3, 0.4) is 0 Å². The SMILES string of the molecule is N#C/C(=C\c1ccco1)C(=O)Nc1ccccc1Br. The number of nitrogens with zero attached hydrogens (tertiary/aromatic N) is 1. The van der Waals surface area contributed by atoms with Gasteiger partial charge in [0, 0.05) is 10.5 Å². The summed E-state index contributed by atoms with van der Waals surface area (Å²) < 4.78 is 5.82. The van der Waals surface area contributed by atoms with Crippen LogP contribution in [0.5, 0.6) is 0 Å². The van der Waals surface area contributed by atoms with Crippen LogP contribution >= 0.6 is 15.9 Å². The molecule has 94 valence electrons. The molecule has 0 radical (unpaired) electrons. The van der Waals surface area contributed by atoms with Gasteiger partial charge in [-0.2, -0.15) is 5.26 Å². The van der Waals surface area contributed by atoms with Crippen LogP contribution in [0.25, 0.3) is 6.08 Å². The van der Waals surface area contributed by atoms with Crippen molar-refractivity contribution in [3.8, 4) is 6.07 Å². The Morgan fingerprint density at radius 3 is 2.74 bits per heavy atom. The van der Waals surface area contributed by atoms with Crippen LogP contribution in [0.2, 0.25) is 0 Å². The number of hydrogen-bond acceptors (Lipinski definition) is 3. The Labute approximate surface area is 118 Å². The van der Waals surface area contributed by atoms with Crippen LogP contribution in [-0.4, -0.2) is 5.91 Å². The van der Waals surface area contributed by atoms with E-state index in [1.165, 1.54) is 12.3 Å². The summed E-state index contributed by atoms with van der Waals surface area (Å²) in [5.74, 6) is -0.0235. The number of nitriles is 1. The number of benzene rings is 1. The molecule has 2 aromatic rings. The maximum atomic E-state index is 12.0. The Bertz CT molecular complexity index is 654. The zero-order valence-corrected chi connectivity index (χ0v) is 11.3. The fraction of sp³-hybridized carbons (Fsp3) is 0. The van der Waals surface area contributed by atoms with Crippen molar-refractivity contribution in [1.82, 2.24) is 0 Å². The van der Waals surface area contributed by atoms with Crippen LogP contribution in [0.4, 0.5) is 5.69 Å². The molecule has 0 fully saturated rings. The average Bonchev–Trinajstić information content (AvgIpc) is 2.91. The Balaban J connectivity index is 2.19. The lowest BCUT2D eigenvalue weighted by atomic mass is 10.2. The molecule has 0 saturated carbocycles. The molecule has 0 unspecified atom stereocenters. The fourth-order valence-corrected chi connectivity index (χ4v) is 1.80. The highest BCUT2D eigenvalue weighted by Gasteiger charge is 2.11. The van der Waals surface area contributed by atoms with Crippen LogP contribution < -0.4 is 5.32 Å². The number of carbonyl (C=O) groups excluding carboxylic acids is 1. The van der Waals surface area contributed by atoms with E-state index in [0.29, 0.717) is 11.4 Å². The molecule has 2 rings (SSSR count). The minimum atomic E-state index is -0.481. The minimum Gasteiger partial charge on any atom is -0.465 e. The summed E-state index contributed by atoms with van der Waals surface area (Å²) in [7, 11) is 0. The standard InChI is InChI=1S/C14H9BrN2O2/c15-12-5-1-2-6-13(12)17-14(18)10(9-16)8-11-4-3-7-19-11/h1-8H,(H,17,18)/b10-8+. The van der Waals surface area contributed by atoms with Crippen molar-refractivity contribution in [3.05, 3.63) is 58.5 Å². The second-order valence-electron chi connectivity index (χ2n) is 3.62. The van der Waals surface area contributed by atoms with E-state index >= 15 is 0 Å². The predicted octanol–water partition coefficient (Wildman–Crippen LogP) is 3.59. The molecule has 0 bridgehead atoms. The lowest BCUT2D eigenvalue weighted by Gasteiger charge is -2.05. The third-order valence-corrected chi connectivity index (χ3v) is 3.01. The van der Waals surface area contributed by atoms with Gasteiger partial charge in [0.25, 0.3) is 5.91 Å². The van der Waals surface area contributed by atoms with Gasteiger partial charge in [0.1, 0.15) is 17.4 Å². The Morgan fingerprint density at radius 1 is 1.32 bits per heavy atom. The average molecular weight is 317 g/mol. The number of nitrogens with one attached hydrogen (secondary N) is 1. The summed E-state index contributed by atoms with van der Waals surface area (Å²) in [6.07, 6.45) is 2.87. The topological polar surface area (TPSA) is 66.0 Å². The van der Waals surface area contributed by atoms with Crippen molar-refractivity contribution in [2.75, 3.05) is 5.32 Å². The van der Waals surface area contributed by atoms with E-state index in [1.54, 1.807) is 30.3 Å². The molecule has 4 nitrogen and oxygen atoms in total. The van der Waals surface area contributed by atoms with Crippen LogP contribution in [0.15, 0.2) is 57.1 Å². The predicted molar refractivity (Wildman–Crippen MR) is 75.1 cm³/mol. The van der Waals surface area contributed by atoms with Crippen molar-refractivity contribution in [2.24, 2.45) is 0 Å². The van der Waals surface area contributed by atoms with E-state index < -0.39 is 5.91 Å². The molecule has 0 spiro atoms. The van der Waals surface area contributed by atoms with Crippen LogP contribution in [0, 0.1) is 11.3 Å². The second kappa shape index (κ2) is 6.03. The number of amides is 1. The summed E-state index contributed by atoms with van der Waals surface area (Å²) in [4.78, 5) is 12.0. The van der Waals surface area contributed by atoms with E-state index in [9.17, 15) is 4.79 Å². The fourth-order valence-electron chi connectivity index (χ4n) is 1.42. The molecule has 19 heavy (non-hydrogen) atoms. The molecule has 0 aliphatic heterocycles. The maximum absolute atomic E-state index is 12.0. The number of halogens is 1. The van der Waals surface area contributed by atoms with E-state index in [-0.39, 0.29) is 5.57 Å². The van der Waals surface area contributed by atoms with Gasteiger partial charge in [0.2, 0.25) is 0 Å². The highest BCUT2D eigenvalue weighted by Crippen LogP contribution is 2.22. The van der Waals surface area contributed by atoms with Gasteiger partial charge < -0.3 is 9.73 Å². The summed E-state index contributed by atoms with van der Waals surface area (Å²) in [5, 5.41) is 11.7. The third-order valence-electron chi connectivity index (χ3n) is 2.32. The molecule has 1 heterocycles. The van der Waals surface area contributed by atoms with Gasteiger partial charge in [-0.25, -0.2) is 0 Å². The molecule has 0 aliphatic carbocycles. The summed E-state index contributed by atoms with van der Waals surface area (Å²) in [5.41, 5.74) is 0.582. The molecular formula is C14H9BrN2O2. The monoisotopic (exact) mass is 316 g/mol. The van der Waals surface area contributed by atoms with E-state index in [1.807, 2.05) is 12.1 Å². The molecule has 5 heteroatoms. The molecule has 1 aromatic carbocycles. The quantitative estimate of drug-likeness (QED) is 0.695. The number of para-hydroxylation sites is 1. The normalized spacial score (nSPS) is 10.8. The van der Waals surface area contributed by atoms with Gasteiger partial charge in [-0.1, -0.05) is 12.1 Å². The largest absolute Gasteiger partial charge is 0.465 e. The van der Waals surface area contributed by atoms with E-state index in [0.717, 1.165) is 4.47 Å². The van der Waals surface area contributed by atoms with Crippen molar-refractivity contribution < 1.29 is 9.21 Å². The number of anilines is 1. The van der Waals surface area contributed by atoms with Crippen molar-refractivity contribution >= 4 is 33.6 Å². The van der Waals surface area contributed by atoms with Crippen molar-refractivity contribution in [3.63, 3.8) is 0 Å². The van der Waals surface area contributed by atoms with Gasteiger partial charge in [0.05, 0.1) is 12.0 Å². The molecule has 0 saturated heterocycles. The van der Waals surface area contributed by atoms with Gasteiger partial charge in [-0.3, -0.25) is 4.79 Å². The summed E-state index contributed by atoms with van der Waals surface area (Å²) in [6, 6.07) is 12.4.